The van der Waals surface area contributed by atoms with Gasteiger partial charge < -0.3 is 9.57 Å². The molecule has 1 heterocycles. The molecule has 1 aromatic rings. The average Bonchev–Trinajstić information content (AvgIpc) is 2.75. The van der Waals surface area contributed by atoms with E-state index in [1.54, 1.807) is 7.11 Å². The van der Waals surface area contributed by atoms with Gasteiger partial charge in [0.15, 0.2) is 6.10 Å². The Morgan fingerprint density at radius 1 is 1.50 bits per heavy atom. The molecule has 3 nitrogen and oxygen atoms in total. The summed E-state index contributed by atoms with van der Waals surface area (Å²) in [5, 5.41) is 3.85. The SMILES string of the molecule is COc1ccc2c(c1)C[C@@H]1C=NO[C@@H]21. The average molecular weight is 189 g/mol. The number of benzene rings is 1. The zero-order valence-corrected chi connectivity index (χ0v) is 7.93. The highest BCUT2D eigenvalue weighted by molar-refractivity contribution is 5.66. The molecule has 0 amide bonds. The van der Waals surface area contributed by atoms with E-state index in [2.05, 4.69) is 17.3 Å². The van der Waals surface area contributed by atoms with Gasteiger partial charge in [0.25, 0.3) is 0 Å². The van der Waals surface area contributed by atoms with E-state index in [9.17, 15) is 0 Å². The second-order valence-electron chi connectivity index (χ2n) is 3.71. The maximum absolute atomic E-state index is 5.31. The fourth-order valence-electron chi connectivity index (χ4n) is 2.20. The molecule has 2 aliphatic rings. The van der Waals surface area contributed by atoms with E-state index in [1.165, 1.54) is 11.1 Å². The molecular weight excluding hydrogens is 178 g/mol. The monoisotopic (exact) mass is 189 g/mol. The number of ether oxygens (including phenoxy) is 1. The summed E-state index contributed by atoms with van der Waals surface area (Å²) in [6, 6.07) is 6.14. The summed E-state index contributed by atoms with van der Waals surface area (Å²) in [6.45, 7) is 0. The lowest BCUT2D eigenvalue weighted by Gasteiger charge is -2.08. The molecule has 0 radical (unpaired) electrons. The van der Waals surface area contributed by atoms with Crippen molar-refractivity contribution in [1.29, 1.82) is 0 Å². The molecule has 0 fully saturated rings. The molecule has 3 heteroatoms. The van der Waals surface area contributed by atoms with Crippen LogP contribution in [0, 0.1) is 5.92 Å². The quantitative estimate of drug-likeness (QED) is 0.675. The smallest absolute Gasteiger partial charge is 0.161 e. The number of fused-ring (bicyclic) bond motifs is 3. The first-order valence-corrected chi connectivity index (χ1v) is 4.74. The third-order valence-electron chi connectivity index (χ3n) is 2.93. The Morgan fingerprint density at radius 3 is 3.29 bits per heavy atom. The predicted octanol–water partition coefficient (Wildman–Crippen LogP) is 1.92. The van der Waals surface area contributed by atoms with Crippen molar-refractivity contribution in [3.8, 4) is 5.75 Å². The van der Waals surface area contributed by atoms with Crippen LogP contribution in [0.3, 0.4) is 0 Å². The second-order valence-corrected chi connectivity index (χ2v) is 3.71. The first-order valence-electron chi connectivity index (χ1n) is 4.74. The van der Waals surface area contributed by atoms with Gasteiger partial charge >= 0.3 is 0 Å². The maximum Gasteiger partial charge on any atom is 0.161 e. The van der Waals surface area contributed by atoms with Crippen molar-refractivity contribution in [2.75, 3.05) is 7.11 Å². The molecule has 1 aliphatic carbocycles. The van der Waals surface area contributed by atoms with Crippen LogP contribution in [0.15, 0.2) is 23.4 Å². The number of hydrogen-bond acceptors (Lipinski definition) is 3. The number of oxime groups is 1. The Morgan fingerprint density at radius 2 is 2.43 bits per heavy atom. The van der Waals surface area contributed by atoms with Gasteiger partial charge in [0.1, 0.15) is 5.75 Å². The van der Waals surface area contributed by atoms with Crippen LogP contribution in [0.2, 0.25) is 0 Å². The molecule has 0 bridgehead atoms. The van der Waals surface area contributed by atoms with Gasteiger partial charge in [-0.25, -0.2) is 0 Å². The van der Waals surface area contributed by atoms with Crippen LogP contribution < -0.4 is 4.74 Å². The first kappa shape index (κ1) is 7.85. The molecular formula is C11H11NO2. The molecule has 3 rings (SSSR count). The molecule has 0 N–H and O–H groups in total. The molecule has 0 aromatic heterocycles. The van der Waals surface area contributed by atoms with E-state index < -0.39 is 0 Å². The van der Waals surface area contributed by atoms with Crippen LogP contribution in [0.1, 0.15) is 17.2 Å². The summed E-state index contributed by atoms with van der Waals surface area (Å²) >= 11 is 0. The minimum absolute atomic E-state index is 0.149. The molecule has 0 spiro atoms. The van der Waals surface area contributed by atoms with Gasteiger partial charge in [-0.3, -0.25) is 0 Å². The van der Waals surface area contributed by atoms with Gasteiger partial charge in [-0.05, 0) is 29.7 Å². The standard InChI is InChI=1S/C11H11NO2/c1-13-9-2-3-10-7(5-9)4-8-6-12-14-11(8)10/h2-3,5-6,8,11H,4H2,1H3/t8-,11-/m1/s1. The van der Waals surface area contributed by atoms with E-state index >= 15 is 0 Å². The Kier molecular flexibility index (Phi) is 1.54. The fraction of sp³-hybridized carbons (Fsp3) is 0.364. The van der Waals surface area contributed by atoms with Gasteiger partial charge in [0, 0.05) is 5.92 Å². The zero-order chi connectivity index (χ0) is 9.54. The number of nitrogens with zero attached hydrogens (tertiary/aromatic N) is 1. The highest BCUT2D eigenvalue weighted by Crippen LogP contribution is 2.41. The predicted molar refractivity (Wildman–Crippen MR) is 52.5 cm³/mol. The molecule has 1 aliphatic heterocycles. The third-order valence-corrected chi connectivity index (χ3v) is 2.93. The van der Waals surface area contributed by atoms with Crippen molar-refractivity contribution >= 4 is 6.21 Å². The largest absolute Gasteiger partial charge is 0.497 e. The summed E-state index contributed by atoms with van der Waals surface area (Å²) in [5.41, 5.74) is 2.58. The zero-order valence-electron chi connectivity index (χ0n) is 7.93. The molecule has 72 valence electrons. The summed E-state index contributed by atoms with van der Waals surface area (Å²) < 4.78 is 5.19. The fourth-order valence-corrected chi connectivity index (χ4v) is 2.20. The van der Waals surface area contributed by atoms with E-state index in [0.717, 1.165) is 12.2 Å². The van der Waals surface area contributed by atoms with Gasteiger partial charge in [-0.15, -0.1) is 0 Å². The van der Waals surface area contributed by atoms with Gasteiger partial charge in [-0.1, -0.05) is 11.2 Å². The summed E-state index contributed by atoms with van der Waals surface area (Å²) in [6.07, 6.45) is 3.06. The minimum Gasteiger partial charge on any atom is -0.497 e. The van der Waals surface area contributed by atoms with Crippen LogP contribution in [0.25, 0.3) is 0 Å². The van der Waals surface area contributed by atoms with Crippen molar-refractivity contribution in [2.24, 2.45) is 11.1 Å². The van der Waals surface area contributed by atoms with Crippen molar-refractivity contribution in [2.45, 2.75) is 12.5 Å². The summed E-state index contributed by atoms with van der Waals surface area (Å²) in [7, 11) is 1.69. The highest BCUT2D eigenvalue weighted by atomic mass is 16.6. The minimum atomic E-state index is 0.149. The normalized spacial score (nSPS) is 26.9. The van der Waals surface area contributed by atoms with Crippen LogP contribution in [0.4, 0.5) is 0 Å². The first-order chi connectivity index (χ1) is 6.88. The molecule has 0 unspecified atom stereocenters. The topological polar surface area (TPSA) is 30.8 Å². The van der Waals surface area contributed by atoms with Gasteiger partial charge in [0.05, 0.1) is 13.3 Å². The summed E-state index contributed by atoms with van der Waals surface area (Å²) in [4.78, 5) is 5.31. The van der Waals surface area contributed by atoms with E-state index in [4.69, 9.17) is 9.57 Å². The Balaban J connectivity index is 2.03. The number of methoxy groups -OCH3 is 1. The Labute approximate surface area is 82.3 Å². The Hall–Kier alpha value is -1.51. The van der Waals surface area contributed by atoms with Crippen molar-refractivity contribution in [1.82, 2.24) is 0 Å². The lowest BCUT2D eigenvalue weighted by molar-refractivity contribution is 0.0697. The lowest BCUT2D eigenvalue weighted by atomic mass is 10.1. The molecule has 2 atom stereocenters. The molecule has 14 heavy (non-hydrogen) atoms. The lowest BCUT2D eigenvalue weighted by Crippen LogP contribution is -2.02. The van der Waals surface area contributed by atoms with E-state index in [0.29, 0.717) is 5.92 Å². The van der Waals surface area contributed by atoms with E-state index in [1.807, 2.05) is 12.3 Å². The molecule has 1 aromatic carbocycles. The van der Waals surface area contributed by atoms with Gasteiger partial charge in [-0.2, -0.15) is 0 Å². The Bertz CT molecular complexity index is 400. The highest BCUT2D eigenvalue weighted by Gasteiger charge is 2.36. The van der Waals surface area contributed by atoms with Crippen molar-refractivity contribution in [3.63, 3.8) is 0 Å². The van der Waals surface area contributed by atoms with Crippen molar-refractivity contribution in [3.05, 3.63) is 29.3 Å². The van der Waals surface area contributed by atoms with Crippen LogP contribution in [0.5, 0.6) is 5.75 Å². The second kappa shape index (κ2) is 2.74. The van der Waals surface area contributed by atoms with Gasteiger partial charge in [0.2, 0.25) is 0 Å². The van der Waals surface area contributed by atoms with E-state index in [-0.39, 0.29) is 6.10 Å². The summed E-state index contributed by atoms with van der Waals surface area (Å²) in [5.74, 6) is 1.35. The maximum atomic E-state index is 5.31. The third kappa shape index (κ3) is 0.953. The van der Waals surface area contributed by atoms with Crippen LogP contribution in [-0.2, 0) is 11.3 Å². The number of hydrogen-bond donors (Lipinski definition) is 0. The van der Waals surface area contributed by atoms with Crippen molar-refractivity contribution < 1.29 is 9.57 Å². The molecule has 0 saturated carbocycles. The van der Waals surface area contributed by atoms with Crippen LogP contribution in [-0.4, -0.2) is 13.3 Å². The molecule has 0 saturated heterocycles. The number of rotatable bonds is 1. The van der Waals surface area contributed by atoms with Crippen LogP contribution >= 0.6 is 0 Å².